The molecule has 0 saturated carbocycles. The number of rotatable bonds is 6. The predicted octanol–water partition coefficient (Wildman–Crippen LogP) is 5.08. The van der Waals surface area contributed by atoms with Crippen LogP contribution in [0.4, 0.5) is 29.1 Å². The molecule has 228 valence electrons. The summed E-state index contributed by atoms with van der Waals surface area (Å²) in [6.45, 7) is 4.88. The van der Waals surface area contributed by atoms with E-state index >= 15 is 0 Å². The van der Waals surface area contributed by atoms with Gasteiger partial charge in [0.05, 0.1) is 11.3 Å². The number of thioether (sulfide) groups is 1. The first-order chi connectivity index (χ1) is 20.5. The van der Waals surface area contributed by atoms with E-state index in [1.807, 2.05) is 16.7 Å². The van der Waals surface area contributed by atoms with Crippen molar-refractivity contribution in [3.05, 3.63) is 76.7 Å². The normalized spacial score (nSPS) is 17.8. The summed E-state index contributed by atoms with van der Waals surface area (Å²) in [5.74, 6) is -0.173. The third-order valence-corrected chi connectivity index (χ3v) is 8.47. The van der Waals surface area contributed by atoms with Crippen LogP contribution >= 0.6 is 23.4 Å². The summed E-state index contributed by atoms with van der Waals surface area (Å²) < 4.78 is 52.9. The average Bonchev–Trinajstić information content (AvgIpc) is 2.99. The first-order valence-corrected chi connectivity index (χ1v) is 15.0. The minimum absolute atomic E-state index is 0.0790. The maximum absolute atomic E-state index is 13.6. The highest BCUT2D eigenvalue weighted by molar-refractivity contribution is 7.99. The second-order valence-corrected chi connectivity index (χ2v) is 11.7. The van der Waals surface area contributed by atoms with E-state index in [-0.39, 0.29) is 28.8 Å². The molecular weight excluding hydrogens is 608 g/mol. The number of aromatic nitrogens is 2. The third-order valence-electron chi connectivity index (χ3n) is 7.44. The van der Waals surface area contributed by atoms with Crippen LogP contribution in [0.15, 0.2) is 59.8 Å². The lowest BCUT2D eigenvalue weighted by Crippen LogP contribution is -2.54. The van der Waals surface area contributed by atoms with Gasteiger partial charge in [-0.1, -0.05) is 35.5 Å². The van der Waals surface area contributed by atoms with Crippen LogP contribution in [0, 0.1) is 5.82 Å². The molecule has 2 aromatic carbocycles. The SMILES string of the molecule is CC1CN(c2cc(Cl)nc(SCC(=O)N3CCN(c4cccc(C(F)(F)F)c4)CC3)n2)CCN1C(=O)c1cccc(F)c1. The van der Waals surface area contributed by atoms with E-state index in [0.29, 0.717) is 68.0 Å². The molecule has 2 aliphatic rings. The zero-order valence-corrected chi connectivity index (χ0v) is 24.8. The quantitative estimate of drug-likeness (QED) is 0.162. The first kappa shape index (κ1) is 30.9. The van der Waals surface area contributed by atoms with E-state index in [1.165, 1.54) is 24.3 Å². The number of alkyl halides is 3. The molecule has 1 atom stereocenters. The fraction of sp³-hybridized carbons (Fsp3) is 0.379. The van der Waals surface area contributed by atoms with Gasteiger partial charge in [-0.15, -0.1) is 0 Å². The van der Waals surface area contributed by atoms with Crippen molar-refractivity contribution in [1.82, 2.24) is 19.8 Å². The largest absolute Gasteiger partial charge is 0.416 e. The summed E-state index contributed by atoms with van der Waals surface area (Å²) in [4.78, 5) is 41.9. The number of amides is 2. The molecule has 43 heavy (non-hydrogen) atoms. The Hall–Kier alpha value is -3.58. The Morgan fingerprint density at radius 1 is 0.953 bits per heavy atom. The summed E-state index contributed by atoms with van der Waals surface area (Å²) in [6, 6.07) is 12.3. The maximum atomic E-state index is 13.6. The van der Waals surface area contributed by atoms with Crippen LogP contribution in [0.2, 0.25) is 5.15 Å². The molecule has 0 aliphatic carbocycles. The first-order valence-electron chi connectivity index (χ1n) is 13.7. The number of benzene rings is 2. The number of halogens is 5. The van der Waals surface area contributed by atoms with Crippen molar-refractivity contribution in [1.29, 1.82) is 0 Å². The monoisotopic (exact) mass is 636 g/mol. The Bertz CT molecular complexity index is 1490. The minimum atomic E-state index is -4.41. The topological polar surface area (TPSA) is 72.9 Å². The molecule has 0 spiro atoms. The molecular formula is C29H29ClF4N6O2S. The lowest BCUT2D eigenvalue weighted by Gasteiger charge is -2.40. The van der Waals surface area contributed by atoms with Gasteiger partial charge in [-0.05, 0) is 43.3 Å². The van der Waals surface area contributed by atoms with Crippen LogP contribution in [-0.2, 0) is 11.0 Å². The van der Waals surface area contributed by atoms with Gasteiger partial charge >= 0.3 is 6.18 Å². The van der Waals surface area contributed by atoms with Gasteiger partial charge in [0.1, 0.15) is 16.8 Å². The third kappa shape index (κ3) is 7.50. The number of hydrogen-bond acceptors (Lipinski definition) is 7. The van der Waals surface area contributed by atoms with E-state index in [0.717, 1.165) is 23.9 Å². The van der Waals surface area contributed by atoms with E-state index in [1.54, 1.807) is 28.0 Å². The maximum Gasteiger partial charge on any atom is 0.416 e. The lowest BCUT2D eigenvalue weighted by molar-refractivity contribution is -0.137. The Labute approximate surface area is 255 Å². The van der Waals surface area contributed by atoms with Crippen LogP contribution in [-0.4, -0.2) is 89.2 Å². The number of anilines is 2. The number of hydrogen-bond donors (Lipinski definition) is 0. The molecule has 2 amide bonds. The molecule has 2 fully saturated rings. The molecule has 2 aliphatic heterocycles. The highest BCUT2D eigenvalue weighted by Gasteiger charge is 2.32. The Morgan fingerprint density at radius 2 is 1.67 bits per heavy atom. The number of carbonyl (C=O) groups is 2. The van der Waals surface area contributed by atoms with E-state index < -0.39 is 17.6 Å². The lowest BCUT2D eigenvalue weighted by atomic mass is 10.1. The molecule has 14 heteroatoms. The van der Waals surface area contributed by atoms with Gasteiger partial charge in [0, 0.05) is 69.2 Å². The van der Waals surface area contributed by atoms with Crippen LogP contribution in [0.1, 0.15) is 22.8 Å². The highest BCUT2D eigenvalue weighted by Crippen LogP contribution is 2.32. The Balaban J connectivity index is 1.14. The number of carbonyl (C=O) groups excluding carboxylic acids is 2. The van der Waals surface area contributed by atoms with E-state index in [2.05, 4.69) is 9.97 Å². The highest BCUT2D eigenvalue weighted by atomic mass is 35.5. The van der Waals surface area contributed by atoms with Gasteiger partial charge in [-0.2, -0.15) is 13.2 Å². The van der Waals surface area contributed by atoms with Crippen molar-refractivity contribution in [2.75, 3.05) is 61.4 Å². The molecule has 0 bridgehead atoms. The Morgan fingerprint density at radius 3 is 2.37 bits per heavy atom. The molecule has 1 aromatic heterocycles. The second kappa shape index (κ2) is 13.0. The molecule has 3 aromatic rings. The summed E-state index contributed by atoms with van der Waals surface area (Å²) >= 11 is 7.45. The van der Waals surface area contributed by atoms with Crippen LogP contribution in [0.25, 0.3) is 0 Å². The molecule has 5 rings (SSSR count). The molecule has 2 saturated heterocycles. The van der Waals surface area contributed by atoms with Gasteiger partial charge in [0.15, 0.2) is 5.16 Å². The van der Waals surface area contributed by atoms with E-state index in [4.69, 9.17) is 11.6 Å². The molecule has 8 nitrogen and oxygen atoms in total. The van der Waals surface area contributed by atoms with Crippen molar-refractivity contribution in [2.45, 2.75) is 24.3 Å². The van der Waals surface area contributed by atoms with Gasteiger partial charge < -0.3 is 19.6 Å². The van der Waals surface area contributed by atoms with Crippen LogP contribution in [0.3, 0.4) is 0 Å². The molecule has 3 heterocycles. The summed E-state index contributed by atoms with van der Waals surface area (Å²) in [5, 5.41) is 0.560. The van der Waals surface area contributed by atoms with Crippen molar-refractivity contribution in [2.24, 2.45) is 0 Å². The van der Waals surface area contributed by atoms with E-state index in [9.17, 15) is 27.2 Å². The standard InChI is InChI=1S/C29H29ClF4N6O2S/c1-19-17-39(12-13-40(19)27(42)20-4-2-6-22(31)14-20)25-16-24(30)35-28(36-25)43-18-26(41)38-10-8-37(9-11-38)23-7-3-5-21(15-23)29(32,33)34/h2-7,14-16,19H,8-13,17-18H2,1H3. The van der Waals surface area contributed by atoms with Gasteiger partial charge in [0.25, 0.3) is 5.91 Å². The van der Waals surface area contributed by atoms with Crippen LogP contribution in [0.5, 0.6) is 0 Å². The van der Waals surface area contributed by atoms with Gasteiger partial charge in [0.2, 0.25) is 5.91 Å². The fourth-order valence-corrected chi connectivity index (χ4v) is 6.16. The second-order valence-electron chi connectivity index (χ2n) is 10.3. The average molecular weight is 637 g/mol. The smallest absolute Gasteiger partial charge is 0.368 e. The zero-order valence-electron chi connectivity index (χ0n) is 23.2. The Kier molecular flexibility index (Phi) is 9.30. The summed E-state index contributed by atoms with van der Waals surface area (Å²) in [7, 11) is 0. The molecule has 0 N–H and O–H groups in total. The minimum Gasteiger partial charge on any atom is -0.368 e. The van der Waals surface area contributed by atoms with Crippen molar-refractivity contribution in [3.8, 4) is 0 Å². The van der Waals surface area contributed by atoms with Crippen LogP contribution < -0.4 is 9.80 Å². The predicted molar refractivity (Wildman–Crippen MR) is 157 cm³/mol. The number of piperazine rings is 2. The summed E-state index contributed by atoms with van der Waals surface area (Å²) in [5.41, 5.74) is 0.0740. The van der Waals surface area contributed by atoms with Crippen molar-refractivity contribution >= 4 is 46.7 Å². The van der Waals surface area contributed by atoms with Gasteiger partial charge in [-0.25, -0.2) is 14.4 Å². The van der Waals surface area contributed by atoms with Crippen molar-refractivity contribution in [3.63, 3.8) is 0 Å². The summed E-state index contributed by atoms with van der Waals surface area (Å²) in [6.07, 6.45) is -4.41. The molecule has 1 unspecified atom stereocenters. The zero-order chi connectivity index (χ0) is 30.7. The molecule has 0 radical (unpaired) electrons. The van der Waals surface area contributed by atoms with Crippen molar-refractivity contribution < 1.29 is 27.2 Å². The number of nitrogens with zero attached hydrogens (tertiary/aromatic N) is 6. The fourth-order valence-electron chi connectivity index (χ4n) is 5.18. The van der Waals surface area contributed by atoms with Gasteiger partial charge in [-0.3, -0.25) is 9.59 Å².